The Morgan fingerprint density at radius 3 is 2.93 bits per heavy atom. The molecular weight excluding hydrogens is 451 g/mol. The summed E-state index contributed by atoms with van der Waals surface area (Å²) in [6.45, 7) is 4.07. The van der Waals surface area contributed by atoms with Gasteiger partial charge in [-0.05, 0) is 42.4 Å². The van der Waals surface area contributed by atoms with Crippen LogP contribution < -0.4 is 10.6 Å². The molecule has 0 aromatic carbocycles. The largest absolute Gasteiger partial charge is 0.356 e. The van der Waals surface area contributed by atoms with Gasteiger partial charge in [-0.2, -0.15) is 0 Å². The quantitative estimate of drug-likeness (QED) is 0.374. The molecule has 6 nitrogen and oxygen atoms in total. The summed E-state index contributed by atoms with van der Waals surface area (Å²) in [7, 11) is 1.82. The van der Waals surface area contributed by atoms with Crippen molar-refractivity contribution >= 4 is 29.9 Å². The molecule has 0 bridgehead atoms. The minimum Gasteiger partial charge on any atom is -0.356 e. The van der Waals surface area contributed by atoms with E-state index in [1.54, 1.807) is 12.5 Å². The number of aromatic nitrogens is 3. The van der Waals surface area contributed by atoms with E-state index in [-0.39, 0.29) is 24.0 Å². The fourth-order valence-corrected chi connectivity index (χ4v) is 3.73. The summed E-state index contributed by atoms with van der Waals surface area (Å²) in [4.78, 5) is 12.8. The molecule has 2 N–H and O–H groups in total. The highest BCUT2D eigenvalue weighted by Gasteiger charge is 2.18. The summed E-state index contributed by atoms with van der Waals surface area (Å²) in [5, 5.41) is 6.84. The second kappa shape index (κ2) is 11.3. The molecule has 7 heteroatoms. The van der Waals surface area contributed by atoms with Gasteiger partial charge in [0.15, 0.2) is 5.96 Å². The van der Waals surface area contributed by atoms with Gasteiger partial charge in [-0.3, -0.25) is 9.56 Å². The summed E-state index contributed by atoms with van der Waals surface area (Å²) < 4.78 is 1.90. The number of nitrogens with one attached hydrogen (secondary N) is 2. The molecular formula is C20H31IN6. The Balaban J connectivity index is 0.00000261. The second-order valence-corrected chi connectivity index (χ2v) is 7.27. The van der Waals surface area contributed by atoms with E-state index in [1.807, 2.05) is 30.1 Å². The van der Waals surface area contributed by atoms with Gasteiger partial charge in [-0.15, -0.1) is 24.0 Å². The lowest BCUT2D eigenvalue weighted by Gasteiger charge is -2.26. The predicted octanol–water partition coefficient (Wildman–Crippen LogP) is 3.77. The number of pyridine rings is 1. The van der Waals surface area contributed by atoms with E-state index in [1.165, 1.54) is 32.1 Å². The zero-order valence-corrected chi connectivity index (χ0v) is 18.6. The van der Waals surface area contributed by atoms with Crippen molar-refractivity contribution in [3.05, 3.63) is 42.6 Å². The summed E-state index contributed by atoms with van der Waals surface area (Å²) >= 11 is 0. The standard InChI is InChI=1S/C20H30N6.HI/c1-16-4-3-5-17(12-16)6-9-24-20(21-2)25-14-18-7-8-23-19(13-18)26-11-10-22-15-26;/h7-8,10-11,13,15-17H,3-6,9,12,14H2,1-2H3,(H2,21,24,25);1H. The molecule has 0 spiro atoms. The molecule has 148 valence electrons. The van der Waals surface area contributed by atoms with Gasteiger partial charge < -0.3 is 10.6 Å². The Bertz CT molecular complexity index is 700. The lowest BCUT2D eigenvalue weighted by molar-refractivity contribution is 0.270. The van der Waals surface area contributed by atoms with Gasteiger partial charge in [0.25, 0.3) is 0 Å². The lowest BCUT2D eigenvalue weighted by Crippen LogP contribution is -2.38. The van der Waals surface area contributed by atoms with Crippen LogP contribution in [0.3, 0.4) is 0 Å². The average molecular weight is 482 g/mol. The van der Waals surface area contributed by atoms with Gasteiger partial charge >= 0.3 is 0 Å². The van der Waals surface area contributed by atoms with Gasteiger partial charge in [0.05, 0.1) is 0 Å². The van der Waals surface area contributed by atoms with E-state index in [0.717, 1.165) is 35.7 Å². The SMILES string of the molecule is CN=C(NCCC1CCCC(C)C1)NCc1ccnc(-n2ccnc2)c1.I. The zero-order valence-electron chi connectivity index (χ0n) is 16.3. The van der Waals surface area contributed by atoms with Gasteiger partial charge in [0, 0.05) is 38.7 Å². The molecule has 0 aliphatic heterocycles. The van der Waals surface area contributed by atoms with Crippen LogP contribution in [0.15, 0.2) is 42.0 Å². The molecule has 0 saturated heterocycles. The van der Waals surface area contributed by atoms with E-state index in [0.29, 0.717) is 6.54 Å². The normalized spacial score (nSPS) is 20.0. The summed E-state index contributed by atoms with van der Waals surface area (Å²) in [5.74, 6) is 3.48. The highest BCUT2D eigenvalue weighted by molar-refractivity contribution is 14.0. The van der Waals surface area contributed by atoms with Crippen LogP contribution in [0.2, 0.25) is 0 Å². The molecule has 2 atom stereocenters. The number of nitrogens with zero attached hydrogens (tertiary/aromatic N) is 4. The maximum Gasteiger partial charge on any atom is 0.191 e. The number of imidazole rings is 1. The van der Waals surface area contributed by atoms with Gasteiger partial charge in [-0.1, -0.05) is 26.2 Å². The Morgan fingerprint density at radius 1 is 1.30 bits per heavy atom. The summed E-state index contributed by atoms with van der Waals surface area (Å²) in [6, 6.07) is 4.08. The Morgan fingerprint density at radius 2 is 2.19 bits per heavy atom. The molecule has 27 heavy (non-hydrogen) atoms. The van der Waals surface area contributed by atoms with Gasteiger partial charge in [-0.25, -0.2) is 9.97 Å². The minimum absolute atomic E-state index is 0. The minimum atomic E-state index is 0. The molecule has 3 rings (SSSR count). The Kier molecular flexibility index (Phi) is 9.03. The molecule has 0 amide bonds. The molecule has 1 fully saturated rings. The van der Waals surface area contributed by atoms with E-state index >= 15 is 0 Å². The van der Waals surface area contributed by atoms with Crippen molar-refractivity contribution in [1.82, 2.24) is 25.2 Å². The smallest absolute Gasteiger partial charge is 0.191 e. The summed E-state index contributed by atoms with van der Waals surface area (Å²) in [6.07, 6.45) is 14.0. The highest BCUT2D eigenvalue weighted by Crippen LogP contribution is 2.30. The average Bonchev–Trinajstić information content (AvgIpc) is 3.20. The maximum absolute atomic E-state index is 4.39. The molecule has 1 saturated carbocycles. The molecule has 2 unspecified atom stereocenters. The van der Waals surface area contributed by atoms with Gasteiger partial charge in [0.1, 0.15) is 12.1 Å². The van der Waals surface area contributed by atoms with Crippen molar-refractivity contribution in [1.29, 1.82) is 0 Å². The molecule has 2 aromatic heterocycles. The number of halogens is 1. The van der Waals surface area contributed by atoms with Crippen LogP contribution in [0, 0.1) is 11.8 Å². The molecule has 0 radical (unpaired) electrons. The van der Waals surface area contributed by atoms with Crippen molar-refractivity contribution in [2.45, 2.75) is 45.6 Å². The predicted molar refractivity (Wildman–Crippen MR) is 121 cm³/mol. The van der Waals surface area contributed by atoms with Crippen molar-refractivity contribution in [3.63, 3.8) is 0 Å². The first-order chi connectivity index (χ1) is 12.7. The third-order valence-electron chi connectivity index (χ3n) is 5.15. The Hall–Kier alpha value is -1.64. The number of aliphatic imine (C=N–C) groups is 1. The van der Waals surface area contributed by atoms with Crippen LogP contribution in [0.4, 0.5) is 0 Å². The molecule has 1 aliphatic rings. The molecule has 2 heterocycles. The second-order valence-electron chi connectivity index (χ2n) is 7.27. The number of rotatable bonds is 6. The monoisotopic (exact) mass is 482 g/mol. The molecule has 1 aliphatic carbocycles. The fourth-order valence-electron chi connectivity index (χ4n) is 3.73. The van der Waals surface area contributed by atoms with Crippen LogP contribution in [0.25, 0.3) is 5.82 Å². The topological polar surface area (TPSA) is 67.1 Å². The van der Waals surface area contributed by atoms with Crippen molar-refractivity contribution in [2.24, 2.45) is 16.8 Å². The third kappa shape index (κ3) is 6.79. The van der Waals surface area contributed by atoms with E-state index in [4.69, 9.17) is 0 Å². The van der Waals surface area contributed by atoms with Crippen LogP contribution >= 0.6 is 24.0 Å². The first-order valence-corrected chi connectivity index (χ1v) is 9.62. The zero-order chi connectivity index (χ0) is 18.2. The van der Waals surface area contributed by atoms with Crippen LogP contribution in [-0.4, -0.2) is 34.1 Å². The highest BCUT2D eigenvalue weighted by atomic mass is 127. The molecule has 2 aromatic rings. The third-order valence-corrected chi connectivity index (χ3v) is 5.15. The Labute approximate surface area is 179 Å². The lowest BCUT2D eigenvalue weighted by atomic mass is 9.81. The van der Waals surface area contributed by atoms with Gasteiger partial charge in [0.2, 0.25) is 0 Å². The van der Waals surface area contributed by atoms with Crippen LogP contribution in [0.1, 0.15) is 44.6 Å². The van der Waals surface area contributed by atoms with Crippen molar-refractivity contribution in [2.75, 3.05) is 13.6 Å². The number of hydrogen-bond acceptors (Lipinski definition) is 3. The van der Waals surface area contributed by atoms with Crippen molar-refractivity contribution in [3.8, 4) is 5.82 Å². The fraction of sp³-hybridized carbons (Fsp3) is 0.550. The summed E-state index contributed by atoms with van der Waals surface area (Å²) in [5.41, 5.74) is 1.16. The van der Waals surface area contributed by atoms with Crippen LogP contribution in [0.5, 0.6) is 0 Å². The number of hydrogen-bond donors (Lipinski definition) is 2. The first kappa shape index (κ1) is 21.7. The van der Waals surface area contributed by atoms with Crippen LogP contribution in [-0.2, 0) is 6.54 Å². The van der Waals surface area contributed by atoms with E-state index in [9.17, 15) is 0 Å². The number of guanidine groups is 1. The maximum atomic E-state index is 4.39. The van der Waals surface area contributed by atoms with E-state index < -0.39 is 0 Å². The van der Waals surface area contributed by atoms with Crippen molar-refractivity contribution < 1.29 is 0 Å². The first-order valence-electron chi connectivity index (χ1n) is 9.62. The van der Waals surface area contributed by atoms with E-state index in [2.05, 4.69) is 38.6 Å².